The third-order valence-corrected chi connectivity index (χ3v) is 6.82. The van der Waals surface area contributed by atoms with E-state index in [0.29, 0.717) is 43.3 Å². The highest BCUT2D eigenvalue weighted by atomic mass is 32.2. The SMILES string of the molecule is CS(=O)(=O)c1cnc(N2CCCCC2)nc1C1CCN(C(=O)c2ccn[nH]2)CC1. The summed E-state index contributed by atoms with van der Waals surface area (Å²) in [5, 5.41) is 6.54. The molecule has 2 aliphatic heterocycles. The molecular formula is C19H26N6O3S. The lowest BCUT2D eigenvalue weighted by Crippen LogP contribution is -2.38. The Hall–Kier alpha value is -2.49. The van der Waals surface area contributed by atoms with Crippen LogP contribution in [0.2, 0.25) is 0 Å². The van der Waals surface area contributed by atoms with Gasteiger partial charge in [0.1, 0.15) is 10.6 Å². The van der Waals surface area contributed by atoms with Crippen LogP contribution in [0.25, 0.3) is 0 Å². The molecule has 4 rings (SSSR count). The van der Waals surface area contributed by atoms with Crippen molar-refractivity contribution in [3.05, 3.63) is 29.8 Å². The van der Waals surface area contributed by atoms with Gasteiger partial charge in [0.05, 0.1) is 11.9 Å². The van der Waals surface area contributed by atoms with Crippen molar-refractivity contribution in [1.29, 1.82) is 0 Å². The third kappa shape index (κ3) is 4.26. The number of sulfone groups is 1. The van der Waals surface area contributed by atoms with Gasteiger partial charge in [-0.15, -0.1) is 0 Å². The minimum Gasteiger partial charge on any atom is -0.341 e. The number of aromatic nitrogens is 4. The Morgan fingerprint density at radius 1 is 1.14 bits per heavy atom. The summed E-state index contributed by atoms with van der Waals surface area (Å²) in [4.78, 5) is 25.7. The number of anilines is 1. The molecular weight excluding hydrogens is 392 g/mol. The number of hydrogen-bond acceptors (Lipinski definition) is 7. The first kappa shape index (κ1) is 19.8. The number of aromatic amines is 1. The molecule has 2 fully saturated rings. The highest BCUT2D eigenvalue weighted by Crippen LogP contribution is 2.32. The van der Waals surface area contributed by atoms with Gasteiger partial charge in [0, 0.05) is 44.5 Å². The van der Waals surface area contributed by atoms with Crippen LogP contribution in [0, 0.1) is 0 Å². The molecule has 1 amide bonds. The minimum absolute atomic E-state index is 0.0166. The van der Waals surface area contributed by atoms with Crippen LogP contribution in [-0.4, -0.2) is 71.8 Å². The third-order valence-electron chi connectivity index (χ3n) is 5.71. The normalized spacial score (nSPS) is 18.8. The second-order valence-corrected chi connectivity index (χ2v) is 9.76. The Morgan fingerprint density at radius 3 is 2.48 bits per heavy atom. The second kappa shape index (κ2) is 8.10. The van der Waals surface area contributed by atoms with Crippen molar-refractivity contribution in [3.63, 3.8) is 0 Å². The van der Waals surface area contributed by atoms with Gasteiger partial charge in [-0.1, -0.05) is 0 Å². The number of amides is 1. The molecule has 2 saturated heterocycles. The summed E-state index contributed by atoms with van der Waals surface area (Å²) in [6.45, 7) is 2.90. The van der Waals surface area contributed by atoms with Gasteiger partial charge >= 0.3 is 0 Å². The molecule has 0 unspecified atom stereocenters. The number of carbonyl (C=O) groups is 1. The molecule has 1 N–H and O–H groups in total. The maximum Gasteiger partial charge on any atom is 0.271 e. The van der Waals surface area contributed by atoms with Crippen LogP contribution in [0.15, 0.2) is 23.4 Å². The highest BCUT2D eigenvalue weighted by molar-refractivity contribution is 7.90. The smallest absolute Gasteiger partial charge is 0.271 e. The van der Waals surface area contributed by atoms with E-state index < -0.39 is 9.84 Å². The molecule has 156 valence electrons. The standard InChI is InChI=1S/C19H26N6O3S/c1-29(27,28)16-13-20-19(25-9-3-2-4-10-25)22-17(16)14-6-11-24(12-7-14)18(26)15-5-8-21-23-15/h5,8,13-14H,2-4,6-7,9-12H2,1H3,(H,21,23). The number of carbonyl (C=O) groups excluding carboxylic acids is 1. The Balaban J connectivity index is 1.55. The number of nitrogens with one attached hydrogen (secondary N) is 1. The van der Waals surface area contributed by atoms with E-state index >= 15 is 0 Å². The van der Waals surface area contributed by atoms with Gasteiger partial charge in [0.2, 0.25) is 5.95 Å². The van der Waals surface area contributed by atoms with Crippen molar-refractivity contribution in [2.75, 3.05) is 37.3 Å². The Labute approximate surface area is 170 Å². The van der Waals surface area contributed by atoms with Crippen molar-refractivity contribution < 1.29 is 13.2 Å². The number of rotatable bonds is 4. The zero-order valence-corrected chi connectivity index (χ0v) is 17.4. The molecule has 2 aliphatic rings. The second-order valence-electron chi connectivity index (χ2n) is 7.78. The molecule has 0 atom stereocenters. The lowest BCUT2D eigenvalue weighted by Gasteiger charge is -2.33. The topological polar surface area (TPSA) is 112 Å². The van der Waals surface area contributed by atoms with Crippen LogP contribution in [0.1, 0.15) is 54.2 Å². The molecule has 0 aromatic carbocycles. The molecule has 10 heteroatoms. The van der Waals surface area contributed by atoms with Gasteiger partial charge in [0.25, 0.3) is 5.91 Å². The largest absolute Gasteiger partial charge is 0.341 e. The van der Waals surface area contributed by atoms with Crippen LogP contribution in [0.5, 0.6) is 0 Å². The Bertz CT molecular complexity index is 962. The van der Waals surface area contributed by atoms with Gasteiger partial charge in [-0.2, -0.15) is 5.10 Å². The van der Waals surface area contributed by atoms with Gasteiger partial charge in [-0.05, 0) is 38.2 Å². The molecule has 0 aliphatic carbocycles. The van der Waals surface area contributed by atoms with E-state index in [4.69, 9.17) is 4.98 Å². The number of hydrogen-bond donors (Lipinski definition) is 1. The molecule has 0 radical (unpaired) electrons. The predicted molar refractivity (Wildman–Crippen MR) is 108 cm³/mol. The van der Waals surface area contributed by atoms with Gasteiger partial charge < -0.3 is 9.80 Å². The summed E-state index contributed by atoms with van der Waals surface area (Å²) in [6, 6.07) is 1.66. The summed E-state index contributed by atoms with van der Waals surface area (Å²) in [5.41, 5.74) is 1.06. The van der Waals surface area contributed by atoms with Crippen LogP contribution in [0.4, 0.5) is 5.95 Å². The summed E-state index contributed by atoms with van der Waals surface area (Å²) in [7, 11) is -3.43. The zero-order chi connectivity index (χ0) is 20.4. The lowest BCUT2D eigenvalue weighted by atomic mass is 9.93. The molecule has 29 heavy (non-hydrogen) atoms. The van der Waals surface area contributed by atoms with E-state index in [1.54, 1.807) is 17.2 Å². The van der Waals surface area contributed by atoms with Gasteiger partial charge in [-0.25, -0.2) is 18.4 Å². The quantitative estimate of drug-likeness (QED) is 0.803. The van der Waals surface area contributed by atoms with E-state index in [1.807, 2.05) is 0 Å². The summed E-state index contributed by atoms with van der Waals surface area (Å²) in [6.07, 6.45) is 8.95. The highest BCUT2D eigenvalue weighted by Gasteiger charge is 2.30. The van der Waals surface area contributed by atoms with Crippen LogP contribution in [0.3, 0.4) is 0 Å². The molecule has 0 bridgehead atoms. The van der Waals surface area contributed by atoms with Gasteiger partial charge in [0.15, 0.2) is 9.84 Å². The number of likely N-dealkylation sites (tertiary alicyclic amines) is 1. The van der Waals surface area contributed by atoms with E-state index in [2.05, 4.69) is 20.1 Å². The Morgan fingerprint density at radius 2 is 1.86 bits per heavy atom. The molecule has 9 nitrogen and oxygen atoms in total. The Kier molecular flexibility index (Phi) is 5.53. The molecule has 4 heterocycles. The number of nitrogens with zero attached hydrogens (tertiary/aromatic N) is 5. The van der Waals surface area contributed by atoms with Crippen LogP contribution < -0.4 is 4.90 Å². The maximum absolute atomic E-state index is 12.5. The minimum atomic E-state index is -3.43. The number of piperidine rings is 2. The average Bonchev–Trinajstić information content (AvgIpc) is 3.28. The predicted octanol–water partition coefficient (Wildman–Crippen LogP) is 1.61. The lowest BCUT2D eigenvalue weighted by molar-refractivity contribution is 0.0705. The summed E-state index contributed by atoms with van der Waals surface area (Å²) in [5.74, 6) is 0.515. The summed E-state index contributed by atoms with van der Waals surface area (Å²) >= 11 is 0. The molecule has 0 spiro atoms. The first-order chi connectivity index (χ1) is 13.9. The van der Waals surface area contributed by atoms with Crippen molar-refractivity contribution in [2.45, 2.75) is 42.9 Å². The van der Waals surface area contributed by atoms with Crippen LogP contribution >= 0.6 is 0 Å². The zero-order valence-electron chi connectivity index (χ0n) is 16.5. The van der Waals surface area contributed by atoms with E-state index in [0.717, 1.165) is 25.9 Å². The van der Waals surface area contributed by atoms with Crippen molar-refractivity contribution >= 4 is 21.7 Å². The van der Waals surface area contributed by atoms with Crippen molar-refractivity contribution in [2.24, 2.45) is 0 Å². The fourth-order valence-corrected chi connectivity index (χ4v) is 4.94. The summed E-state index contributed by atoms with van der Waals surface area (Å²) < 4.78 is 24.7. The van der Waals surface area contributed by atoms with Crippen molar-refractivity contribution in [3.8, 4) is 0 Å². The van der Waals surface area contributed by atoms with E-state index in [-0.39, 0.29) is 16.7 Å². The maximum atomic E-state index is 12.5. The fourth-order valence-electron chi connectivity index (χ4n) is 4.10. The van der Waals surface area contributed by atoms with Crippen LogP contribution in [-0.2, 0) is 9.84 Å². The first-order valence-corrected chi connectivity index (χ1v) is 11.9. The monoisotopic (exact) mass is 418 g/mol. The van der Waals surface area contributed by atoms with E-state index in [9.17, 15) is 13.2 Å². The first-order valence-electron chi connectivity index (χ1n) is 10.0. The van der Waals surface area contributed by atoms with Crippen molar-refractivity contribution in [1.82, 2.24) is 25.1 Å². The molecule has 2 aromatic heterocycles. The number of H-pyrrole nitrogens is 1. The van der Waals surface area contributed by atoms with E-state index in [1.165, 1.54) is 18.9 Å². The van der Waals surface area contributed by atoms with Gasteiger partial charge in [-0.3, -0.25) is 9.89 Å². The molecule has 0 saturated carbocycles. The fraction of sp³-hybridized carbons (Fsp3) is 0.579. The molecule has 2 aromatic rings. The average molecular weight is 419 g/mol.